The van der Waals surface area contributed by atoms with E-state index in [0.717, 1.165) is 29.7 Å². The summed E-state index contributed by atoms with van der Waals surface area (Å²) in [5.74, 6) is -0.0794. The van der Waals surface area contributed by atoms with Gasteiger partial charge in [0.1, 0.15) is 5.82 Å². The Hall–Kier alpha value is -2.28. The lowest BCUT2D eigenvalue weighted by Crippen LogP contribution is -2.43. The van der Waals surface area contributed by atoms with Crippen molar-refractivity contribution in [3.8, 4) is 0 Å². The summed E-state index contributed by atoms with van der Waals surface area (Å²) in [4.78, 5) is 14.0. The number of benzene rings is 2. The van der Waals surface area contributed by atoms with Gasteiger partial charge in [0.05, 0.1) is 11.7 Å². The number of nitrogens with one attached hydrogen (secondary N) is 1. The Kier molecular flexibility index (Phi) is 5.67. The van der Waals surface area contributed by atoms with Crippen LogP contribution in [0, 0.1) is 11.7 Å². The molecule has 6 heteroatoms. The fraction of sp³-hybridized carbons (Fsp3) is 0.435. The molecule has 154 valence electrons. The molecule has 1 atom stereocenters. The lowest BCUT2D eigenvalue weighted by Gasteiger charge is -2.39. The SMILES string of the molecule is O=C(Nc1ccc(C(O)CN2CCC(O)(c3ccc(F)cc3)CC2)cc1)C1CC1. The third-order valence-electron chi connectivity index (χ3n) is 6.01. The maximum atomic E-state index is 13.1. The molecule has 1 amide bonds. The Labute approximate surface area is 170 Å². The molecule has 0 radical (unpaired) electrons. The first-order chi connectivity index (χ1) is 13.9. The van der Waals surface area contributed by atoms with Gasteiger partial charge in [0.25, 0.3) is 0 Å². The molecular weight excluding hydrogens is 371 g/mol. The van der Waals surface area contributed by atoms with Crippen molar-refractivity contribution in [2.75, 3.05) is 25.0 Å². The minimum absolute atomic E-state index is 0.0697. The van der Waals surface area contributed by atoms with Gasteiger partial charge in [-0.05, 0) is 61.1 Å². The van der Waals surface area contributed by atoms with Crippen LogP contribution in [0.3, 0.4) is 0 Å². The summed E-state index contributed by atoms with van der Waals surface area (Å²) in [5.41, 5.74) is 1.34. The van der Waals surface area contributed by atoms with E-state index < -0.39 is 11.7 Å². The molecule has 0 bridgehead atoms. The van der Waals surface area contributed by atoms with E-state index >= 15 is 0 Å². The summed E-state index contributed by atoms with van der Waals surface area (Å²) in [6, 6.07) is 13.4. The molecule has 1 unspecified atom stereocenters. The summed E-state index contributed by atoms with van der Waals surface area (Å²) >= 11 is 0. The van der Waals surface area contributed by atoms with Crippen molar-refractivity contribution in [3.05, 3.63) is 65.5 Å². The smallest absolute Gasteiger partial charge is 0.227 e. The highest BCUT2D eigenvalue weighted by atomic mass is 19.1. The summed E-state index contributed by atoms with van der Waals surface area (Å²) in [5, 5.41) is 24.4. The van der Waals surface area contributed by atoms with E-state index in [9.17, 15) is 19.4 Å². The van der Waals surface area contributed by atoms with Crippen LogP contribution in [0.15, 0.2) is 48.5 Å². The van der Waals surface area contributed by atoms with E-state index in [1.165, 1.54) is 12.1 Å². The number of anilines is 1. The topological polar surface area (TPSA) is 72.8 Å². The maximum absolute atomic E-state index is 13.1. The number of likely N-dealkylation sites (tertiary alicyclic amines) is 1. The molecule has 3 N–H and O–H groups in total. The zero-order chi connectivity index (χ0) is 20.4. The van der Waals surface area contributed by atoms with Gasteiger partial charge in [0.2, 0.25) is 5.91 Å². The first kappa shape index (κ1) is 20.0. The Morgan fingerprint density at radius 2 is 1.72 bits per heavy atom. The average molecular weight is 398 g/mol. The van der Waals surface area contributed by atoms with E-state index in [4.69, 9.17) is 0 Å². The minimum Gasteiger partial charge on any atom is -0.387 e. The van der Waals surface area contributed by atoms with Gasteiger partial charge in [0.15, 0.2) is 0 Å². The number of β-amino-alcohol motifs (C(OH)–C–C–N with tert-alkyl or cyclic N) is 1. The zero-order valence-corrected chi connectivity index (χ0v) is 16.4. The summed E-state index contributed by atoms with van der Waals surface area (Å²) in [6.07, 6.45) is 2.37. The standard InChI is InChI=1S/C23H27FN2O3/c24-19-7-5-18(6-8-19)23(29)11-13-26(14-12-23)15-21(27)16-3-9-20(10-4-16)25-22(28)17-1-2-17/h3-10,17,21,27,29H,1-2,11-15H2,(H,25,28). The molecule has 2 aromatic rings. The minimum atomic E-state index is -0.948. The van der Waals surface area contributed by atoms with Gasteiger partial charge >= 0.3 is 0 Å². The van der Waals surface area contributed by atoms with Crippen molar-refractivity contribution in [1.29, 1.82) is 0 Å². The molecule has 2 aromatic carbocycles. The van der Waals surface area contributed by atoms with E-state index in [1.807, 2.05) is 24.3 Å². The predicted molar refractivity (Wildman–Crippen MR) is 109 cm³/mol. The molecule has 1 aliphatic heterocycles. The van der Waals surface area contributed by atoms with Crippen molar-refractivity contribution in [1.82, 2.24) is 4.90 Å². The largest absolute Gasteiger partial charge is 0.387 e. The molecule has 1 saturated heterocycles. The molecule has 1 saturated carbocycles. The van der Waals surface area contributed by atoms with E-state index in [-0.39, 0.29) is 17.6 Å². The second-order valence-corrected chi connectivity index (χ2v) is 8.24. The maximum Gasteiger partial charge on any atom is 0.227 e. The third kappa shape index (κ3) is 4.83. The molecule has 29 heavy (non-hydrogen) atoms. The lowest BCUT2D eigenvalue weighted by atomic mass is 9.84. The number of carbonyl (C=O) groups is 1. The highest BCUT2D eigenvalue weighted by Crippen LogP contribution is 2.34. The van der Waals surface area contributed by atoms with Crippen LogP contribution < -0.4 is 5.32 Å². The molecule has 5 nitrogen and oxygen atoms in total. The number of nitrogens with zero attached hydrogens (tertiary/aromatic N) is 1. The molecular formula is C23H27FN2O3. The lowest BCUT2D eigenvalue weighted by molar-refractivity contribution is -0.117. The molecule has 2 fully saturated rings. The molecule has 1 heterocycles. The van der Waals surface area contributed by atoms with Gasteiger partial charge in [-0.15, -0.1) is 0 Å². The fourth-order valence-corrected chi connectivity index (χ4v) is 3.88. The summed E-state index contributed by atoms with van der Waals surface area (Å²) in [7, 11) is 0. The van der Waals surface area contributed by atoms with Crippen LogP contribution in [0.25, 0.3) is 0 Å². The van der Waals surface area contributed by atoms with Crippen molar-refractivity contribution >= 4 is 11.6 Å². The van der Waals surface area contributed by atoms with Crippen LogP contribution in [-0.2, 0) is 10.4 Å². The van der Waals surface area contributed by atoms with Crippen LogP contribution in [0.1, 0.15) is 42.9 Å². The molecule has 0 aromatic heterocycles. The van der Waals surface area contributed by atoms with E-state index in [1.54, 1.807) is 12.1 Å². The first-order valence-corrected chi connectivity index (χ1v) is 10.2. The Bertz CT molecular complexity index is 841. The van der Waals surface area contributed by atoms with Crippen LogP contribution in [-0.4, -0.2) is 40.7 Å². The first-order valence-electron chi connectivity index (χ1n) is 10.2. The highest BCUT2D eigenvalue weighted by Gasteiger charge is 2.34. The number of hydrogen-bond donors (Lipinski definition) is 3. The second kappa shape index (κ2) is 8.22. The van der Waals surface area contributed by atoms with Crippen molar-refractivity contribution in [2.45, 2.75) is 37.4 Å². The Balaban J connectivity index is 1.29. The Morgan fingerprint density at radius 3 is 2.31 bits per heavy atom. The second-order valence-electron chi connectivity index (χ2n) is 8.24. The predicted octanol–water partition coefficient (Wildman–Crippen LogP) is 3.19. The van der Waals surface area contributed by atoms with Gasteiger partial charge in [-0.2, -0.15) is 0 Å². The fourth-order valence-electron chi connectivity index (χ4n) is 3.88. The van der Waals surface area contributed by atoms with Gasteiger partial charge < -0.3 is 20.4 Å². The summed E-state index contributed by atoms with van der Waals surface area (Å²) < 4.78 is 13.1. The Morgan fingerprint density at radius 1 is 1.10 bits per heavy atom. The number of amides is 1. The van der Waals surface area contributed by atoms with Crippen molar-refractivity contribution < 1.29 is 19.4 Å². The van der Waals surface area contributed by atoms with Gasteiger partial charge in [-0.25, -0.2) is 4.39 Å². The number of hydrogen-bond acceptors (Lipinski definition) is 4. The van der Waals surface area contributed by atoms with Crippen molar-refractivity contribution in [2.24, 2.45) is 5.92 Å². The quantitative estimate of drug-likeness (QED) is 0.699. The third-order valence-corrected chi connectivity index (χ3v) is 6.01. The highest BCUT2D eigenvalue weighted by molar-refractivity contribution is 5.94. The van der Waals surface area contributed by atoms with E-state index in [0.29, 0.717) is 32.5 Å². The molecule has 0 spiro atoms. The number of aliphatic hydroxyl groups excluding tert-OH is 1. The van der Waals surface area contributed by atoms with Crippen LogP contribution >= 0.6 is 0 Å². The van der Waals surface area contributed by atoms with Gasteiger partial charge in [0, 0.05) is 31.2 Å². The van der Waals surface area contributed by atoms with Crippen LogP contribution in [0.4, 0.5) is 10.1 Å². The summed E-state index contributed by atoms with van der Waals surface area (Å²) in [6.45, 7) is 1.79. The van der Waals surface area contributed by atoms with Crippen LogP contribution in [0.5, 0.6) is 0 Å². The number of rotatable bonds is 6. The van der Waals surface area contributed by atoms with E-state index in [2.05, 4.69) is 10.2 Å². The normalized spacial score (nSPS) is 20.2. The van der Waals surface area contributed by atoms with Crippen LogP contribution in [0.2, 0.25) is 0 Å². The number of aliphatic hydroxyl groups is 2. The number of halogens is 1. The number of carbonyl (C=O) groups excluding carboxylic acids is 1. The van der Waals surface area contributed by atoms with Gasteiger partial charge in [-0.3, -0.25) is 4.79 Å². The molecule has 2 aliphatic rings. The average Bonchev–Trinajstić information content (AvgIpc) is 3.56. The zero-order valence-electron chi connectivity index (χ0n) is 16.4. The molecule has 1 aliphatic carbocycles. The molecule has 4 rings (SSSR count). The number of piperidine rings is 1. The van der Waals surface area contributed by atoms with Gasteiger partial charge in [-0.1, -0.05) is 24.3 Å². The monoisotopic (exact) mass is 398 g/mol. The van der Waals surface area contributed by atoms with Crippen molar-refractivity contribution in [3.63, 3.8) is 0 Å².